The SMILES string of the molecule is CCN1C[C@]2(CC1C=O)CC2(CC)CC. The van der Waals surface area contributed by atoms with Crippen LogP contribution in [-0.4, -0.2) is 30.3 Å². The van der Waals surface area contributed by atoms with E-state index in [0.717, 1.165) is 25.8 Å². The van der Waals surface area contributed by atoms with Crippen molar-refractivity contribution in [3.8, 4) is 0 Å². The Balaban J connectivity index is 2.12. The lowest BCUT2D eigenvalue weighted by molar-refractivity contribution is -0.111. The Kier molecular flexibility index (Phi) is 2.66. The first-order valence-electron chi connectivity index (χ1n) is 6.36. The second-order valence-corrected chi connectivity index (χ2v) is 5.42. The molecule has 0 amide bonds. The fourth-order valence-corrected chi connectivity index (χ4v) is 3.95. The van der Waals surface area contributed by atoms with Crippen molar-refractivity contribution in [1.29, 1.82) is 0 Å². The van der Waals surface area contributed by atoms with Gasteiger partial charge in [-0.1, -0.05) is 20.8 Å². The summed E-state index contributed by atoms with van der Waals surface area (Å²) in [5.74, 6) is 0. The Labute approximate surface area is 93.0 Å². The zero-order valence-corrected chi connectivity index (χ0v) is 10.3. The summed E-state index contributed by atoms with van der Waals surface area (Å²) in [4.78, 5) is 13.4. The third-order valence-electron chi connectivity index (χ3n) is 5.17. The van der Waals surface area contributed by atoms with E-state index in [9.17, 15) is 4.79 Å². The molecule has 86 valence electrons. The molecule has 1 saturated heterocycles. The number of carbonyl (C=O) groups is 1. The van der Waals surface area contributed by atoms with Crippen LogP contribution in [0.25, 0.3) is 0 Å². The van der Waals surface area contributed by atoms with E-state index < -0.39 is 0 Å². The molecule has 1 aliphatic heterocycles. The quantitative estimate of drug-likeness (QED) is 0.663. The minimum atomic E-state index is 0.204. The first-order valence-corrected chi connectivity index (χ1v) is 6.36. The topological polar surface area (TPSA) is 20.3 Å². The van der Waals surface area contributed by atoms with Crippen LogP contribution >= 0.6 is 0 Å². The number of likely N-dealkylation sites (tertiary alicyclic amines) is 1. The standard InChI is InChI=1S/C13H23NO/c1-4-12(5-2)9-13(12)7-11(8-15)14(6-3)10-13/h8,11H,4-7,9-10H2,1-3H3/t11?,13-/m0/s1. The highest BCUT2D eigenvalue weighted by Crippen LogP contribution is 2.72. The van der Waals surface area contributed by atoms with Crippen molar-refractivity contribution in [2.75, 3.05) is 13.1 Å². The molecular formula is C13H23NO. The first-order chi connectivity index (χ1) is 7.17. The van der Waals surface area contributed by atoms with Crippen LogP contribution in [0.3, 0.4) is 0 Å². The number of hydrogen-bond donors (Lipinski definition) is 0. The molecule has 2 atom stereocenters. The van der Waals surface area contributed by atoms with Gasteiger partial charge in [0, 0.05) is 6.54 Å². The minimum Gasteiger partial charge on any atom is -0.302 e. The van der Waals surface area contributed by atoms with Crippen LogP contribution in [0.1, 0.15) is 46.5 Å². The van der Waals surface area contributed by atoms with Crippen LogP contribution in [0.5, 0.6) is 0 Å². The highest BCUT2D eigenvalue weighted by Gasteiger charge is 2.67. The van der Waals surface area contributed by atoms with E-state index in [-0.39, 0.29) is 6.04 Å². The molecule has 15 heavy (non-hydrogen) atoms. The van der Waals surface area contributed by atoms with Gasteiger partial charge in [-0.3, -0.25) is 4.90 Å². The summed E-state index contributed by atoms with van der Waals surface area (Å²) < 4.78 is 0. The van der Waals surface area contributed by atoms with Crippen LogP contribution in [0, 0.1) is 10.8 Å². The Morgan fingerprint density at radius 1 is 1.33 bits per heavy atom. The van der Waals surface area contributed by atoms with Gasteiger partial charge in [0.15, 0.2) is 0 Å². The molecule has 1 spiro atoms. The Morgan fingerprint density at radius 2 is 2.00 bits per heavy atom. The average Bonchev–Trinajstić information content (AvgIpc) is 2.73. The second-order valence-electron chi connectivity index (χ2n) is 5.42. The van der Waals surface area contributed by atoms with Gasteiger partial charge in [0.25, 0.3) is 0 Å². The number of nitrogens with zero attached hydrogens (tertiary/aromatic N) is 1. The van der Waals surface area contributed by atoms with Crippen molar-refractivity contribution in [1.82, 2.24) is 4.90 Å². The van der Waals surface area contributed by atoms with E-state index in [2.05, 4.69) is 25.7 Å². The van der Waals surface area contributed by atoms with Crippen molar-refractivity contribution in [3.63, 3.8) is 0 Å². The summed E-state index contributed by atoms with van der Waals surface area (Å²) in [6.45, 7) is 8.96. The van der Waals surface area contributed by atoms with E-state index in [1.54, 1.807) is 0 Å². The molecule has 2 heteroatoms. The fourth-order valence-electron chi connectivity index (χ4n) is 3.95. The maximum atomic E-state index is 11.0. The van der Waals surface area contributed by atoms with Gasteiger partial charge in [0.2, 0.25) is 0 Å². The zero-order chi connectivity index (χ0) is 11.1. The molecule has 1 unspecified atom stereocenters. The maximum Gasteiger partial charge on any atom is 0.137 e. The summed E-state index contributed by atoms with van der Waals surface area (Å²) in [5, 5.41) is 0. The number of likely N-dealkylation sites (N-methyl/N-ethyl adjacent to an activating group) is 1. The molecule has 1 saturated carbocycles. The molecule has 2 aliphatic rings. The molecule has 0 bridgehead atoms. The van der Waals surface area contributed by atoms with Gasteiger partial charge in [-0.15, -0.1) is 0 Å². The first kappa shape index (κ1) is 11.1. The van der Waals surface area contributed by atoms with Crippen molar-refractivity contribution in [3.05, 3.63) is 0 Å². The van der Waals surface area contributed by atoms with Crippen molar-refractivity contribution >= 4 is 6.29 Å². The van der Waals surface area contributed by atoms with Gasteiger partial charge in [-0.2, -0.15) is 0 Å². The molecule has 0 aromatic carbocycles. The van der Waals surface area contributed by atoms with Crippen LogP contribution < -0.4 is 0 Å². The summed E-state index contributed by atoms with van der Waals surface area (Å²) in [6, 6.07) is 0.204. The van der Waals surface area contributed by atoms with Gasteiger partial charge in [-0.25, -0.2) is 0 Å². The Hall–Kier alpha value is -0.370. The molecular weight excluding hydrogens is 186 g/mol. The van der Waals surface area contributed by atoms with E-state index >= 15 is 0 Å². The Morgan fingerprint density at radius 3 is 2.33 bits per heavy atom. The van der Waals surface area contributed by atoms with Crippen LogP contribution in [0.4, 0.5) is 0 Å². The predicted molar refractivity (Wildman–Crippen MR) is 61.8 cm³/mol. The molecule has 2 rings (SSSR count). The third-order valence-corrected chi connectivity index (χ3v) is 5.17. The fraction of sp³-hybridized carbons (Fsp3) is 0.923. The molecule has 0 aromatic rings. The number of aldehydes is 1. The van der Waals surface area contributed by atoms with Crippen LogP contribution in [0.15, 0.2) is 0 Å². The lowest BCUT2D eigenvalue weighted by Gasteiger charge is -2.20. The molecule has 1 aliphatic carbocycles. The smallest absolute Gasteiger partial charge is 0.137 e. The number of rotatable bonds is 4. The third kappa shape index (κ3) is 1.37. The zero-order valence-electron chi connectivity index (χ0n) is 10.3. The number of carbonyl (C=O) groups excluding carboxylic acids is 1. The van der Waals surface area contributed by atoms with E-state index in [1.165, 1.54) is 19.3 Å². The lowest BCUT2D eigenvalue weighted by atomic mass is 9.86. The largest absolute Gasteiger partial charge is 0.302 e. The Bertz CT molecular complexity index is 259. The van der Waals surface area contributed by atoms with Gasteiger partial charge < -0.3 is 4.79 Å². The predicted octanol–water partition coefficient (Wildman–Crippen LogP) is 2.48. The molecule has 1 heterocycles. The molecule has 0 N–H and O–H groups in total. The summed E-state index contributed by atoms with van der Waals surface area (Å²) in [6.07, 6.45) is 6.20. The van der Waals surface area contributed by atoms with Crippen LogP contribution in [0.2, 0.25) is 0 Å². The normalized spacial score (nSPS) is 38.5. The van der Waals surface area contributed by atoms with E-state index in [1.807, 2.05) is 0 Å². The maximum absolute atomic E-state index is 11.0. The van der Waals surface area contributed by atoms with Gasteiger partial charge in [0.05, 0.1) is 6.04 Å². The summed E-state index contributed by atoms with van der Waals surface area (Å²) >= 11 is 0. The second kappa shape index (κ2) is 3.58. The van der Waals surface area contributed by atoms with Gasteiger partial charge in [0.1, 0.15) is 6.29 Å². The lowest BCUT2D eigenvalue weighted by Crippen LogP contribution is -2.30. The molecule has 2 fully saturated rings. The van der Waals surface area contributed by atoms with Gasteiger partial charge >= 0.3 is 0 Å². The van der Waals surface area contributed by atoms with Crippen molar-refractivity contribution in [2.24, 2.45) is 10.8 Å². The number of hydrogen-bond acceptors (Lipinski definition) is 2. The molecule has 0 aromatic heterocycles. The van der Waals surface area contributed by atoms with E-state index in [4.69, 9.17) is 0 Å². The van der Waals surface area contributed by atoms with Crippen molar-refractivity contribution in [2.45, 2.75) is 52.5 Å². The highest BCUT2D eigenvalue weighted by molar-refractivity contribution is 5.59. The van der Waals surface area contributed by atoms with Crippen molar-refractivity contribution < 1.29 is 4.79 Å². The average molecular weight is 209 g/mol. The molecule has 2 nitrogen and oxygen atoms in total. The summed E-state index contributed by atoms with van der Waals surface area (Å²) in [5.41, 5.74) is 1.07. The highest BCUT2D eigenvalue weighted by atomic mass is 16.1. The van der Waals surface area contributed by atoms with E-state index in [0.29, 0.717) is 10.8 Å². The minimum absolute atomic E-state index is 0.204. The van der Waals surface area contributed by atoms with Gasteiger partial charge in [-0.05, 0) is 43.1 Å². The van der Waals surface area contributed by atoms with Crippen LogP contribution in [-0.2, 0) is 4.79 Å². The summed E-state index contributed by atoms with van der Waals surface area (Å²) in [7, 11) is 0. The monoisotopic (exact) mass is 209 g/mol. The molecule has 0 radical (unpaired) electrons.